The van der Waals surface area contributed by atoms with Crippen molar-refractivity contribution in [2.24, 2.45) is 0 Å². The SMILES string of the molecule is FC(F)(F)[C@H](Cl)[C@H](Cl)C(F)(F)F. The van der Waals surface area contributed by atoms with E-state index in [1.165, 1.54) is 0 Å². The normalized spacial score (nSPS) is 19.0. The smallest absolute Gasteiger partial charge is 0.169 e. The Morgan fingerprint density at radius 3 is 0.917 bits per heavy atom. The maximum atomic E-state index is 11.5. The molecule has 0 aliphatic heterocycles. The summed E-state index contributed by atoms with van der Waals surface area (Å²) in [7, 11) is 0. The number of hydrogen-bond acceptors (Lipinski definition) is 0. The lowest BCUT2D eigenvalue weighted by atomic mass is 10.3. The van der Waals surface area contributed by atoms with E-state index in [4.69, 9.17) is 0 Å². The van der Waals surface area contributed by atoms with Gasteiger partial charge in [0.2, 0.25) is 0 Å². The summed E-state index contributed by atoms with van der Waals surface area (Å²) in [5, 5.41) is -6.22. The second-order valence-electron chi connectivity index (χ2n) is 1.89. The van der Waals surface area contributed by atoms with E-state index in [1.54, 1.807) is 0 Å². The van der Waals surface area contributed by atoms with Gasteiger partial charge < -0.3 is 0 Å². The van der Waals surface area contributed by atoms with E-state index >= 15 is 0 Å². The van der Waals surface area contributed by atoms with Crippen LogP contribution in [0.25, 0.3) is 0 Å². The summed E-state index contributed by atoms with van der Waals surface area (Å²) in [4.78, 5) is 0. The maximum Gasteiger partial charge on any atom is 0.406 e. The first-order chi connectivity index (χ1) is 5.07. The van der Waals surface area contributed by atoms with E-state index in [1.807, 2.05) is 0 Å². The Bertz CT molecular complexity index is 131. The maximum absolute atomic E-state index is 11.5. The van der Waals surface area contributed by atoms with Crippen molar-refractivity contribution >= 4 is 23.2 Å². The Hall–Kier alpha value is 0.160. The molecular formula is C4H2Cl2F6. The zero-order valence-corrected chi connectivity index (χ0v) is 6.69. The molecule has 0 rings (SSSR count). The number of rotatable bonds is 1. The van der Waals surface area contributed by atoms with E-state index in [0.717, 1.165) is 0 Å². The minimum Gasteiger partial charge on any atom is -0.169 e. The van der Waals surface area contributed by atoms with E-state index < -0.39 is 23.1 Å². The van der Waals surface area contributed by atoms with Crippen molar-refractivity contribution < 1.29 is 26.3 Å². The standard InChI is InChI=1S/C4H2Cl2F6/c5-1(3(7,8)9)2(6)4(10,11)12/h1-2H/t1-,2+. The molecular weight excluding hydrogens is 233 g/mol. The third kappa shape index (κ3) is 3.26. The minimum atomic E-state index is -5.15. The average Bonchev–Trinajstić information content (AvgIpc) is 1.80. The molecule has 0 aliphatic rings. The van der Waals surface area contributed by atoms with Crippen LogP contribution in [0.5, 0.6) is 0 Å². The monoisotopic (exact) mass is 234 g/mol. The third-order valence-electron chi connectivity index (χ3n) is 0.882. The lowest BCUT2D eigenvalue weighted by Gasteiger charge is -2.20. The van der Waals surface area contributed by atoms with Crippen LogP contribution in [0, 0.1) is 0 Å². The summed E-state index contributed by atoms with van der Waals surface area (Å²) in [5.41, 5.74) is 0. The zero-order chi connectivity index (χ0) is 10.2. The van der Waals surface area contributed by atoms with Crippen molar-refractivity contribution in [3.8, 4) is 0 Å². The first-order valence-corrected chi connectivity index (χ1v) is 3.35. The number of halogens is 8. The van der Waals surface area contributed by atoms with E-state index in [-0.39, 0.29) is 0 Å². The zero-order valence-electron chi connectivity index (χ0n) is 5.18. The van der Waals surface area contributed by atoms with Gasteiger partial charge in [-0.05, 0) is 0 Å². The largest absolute Gasteiger partial charge is 0.406 e. The van der Waals surface area contributed by atoms with Crippen LogP contribution in [0.4, 0.5) is 26.3 Å². The first-order valence-electron chi connectivity index (χ1n) is 2.48. The molecule has 12 heavy (non-hydrogen) atoms. The molecule has 0 saturated carbocycles. The quantitative estimate of drug-likeness (QED) is 0.483. The lowest BCUT2D eigenvalue weighted by Crippen LogP contribution is -2.40. The van der Waals surface area contributed by atoms with E-state index in [0.29, 0.717) is 0 Å². The van der Waals surface area contributed by atoms with E-state index in [9.17, 15) is 26.3 Å². The van der Waals surface area contributed by atoms with Crippen molar-refractivity contribution in [2.45, 2.75) is 23.1 Å². The highest BCUT2D eigenvalue weighted by Gasteiger charge is 2.53. The molecule has 8 heteroatoms. The van der Waals surface area contributed by atoms with Crippen LogP contribution in [-0.2, 0) is 0 Å². The van der Waals surface area contributed by atoms with Gasteiger partial charge in [0.15, 0.2) is 10.8 Å². The molecule has 0 fully saturated rings. The van der Waals surface area contributed by atoms with Crippen molar-refractivity contribution in [1.29, 1.82) is 0 Å². The predicted octanol–water partition coefficient (Wildman–Crippen LogP) is 3.33. The molecule has 0 amide bonds. The van der Waals surface area contributed by atoms with Gasteiger partial charge in [0.1, 0.15) is 0 Å². The third-order valence-corrected chi connectivity index (χ3v) is 2.01. The summed E-state index contributed by atoms with van der Waals surface area (Å²) in [5.74, 6) is 0. The van der Waals surface area contributed by atoms with Crippen molar-refractivity contribution in [3.63, 3.8) is 0 Å². The summed E-state index contributed by atoms with van der Waals surface area (Å²) < 4.78 is 69.1. The number of alkyl halides is 8. The molecule has 0 aromatic rings. The molecule has 0 aliphatic carbocycles. The molecule has 0 spiro atoms. The van der Waals surface area contributed by atoms with Gasteiger partial charge in [-0.2, -0.15) is 26.3 Å². The Kier molecular flexibility index (Phi) is 3.54. The summed E-state index contributed by atoms with van der Waals surface area (Å²) in [6, 6.07) is 0. The fourth-order valence-corrected chi connectivity index (χ4v) is 0.618. The molecule has 0 radical (unpaired) electrons. The molecule has 0 unspecified atom stereocenters. The lowest BCUT2D eigenvalue weighted by molar-refractivity contribution is -0.176. The van der Waals surface area contributed by atoms with Gasteiger partial charge in [-0.15, -0.1) is 23.2 Å². The fraction of sp³-hybridized carbons (Fsp3) is 1.00. The Morgan fingerprint density at radius 1 is 0.667 bits per heavy atom. The topological polar surface area (TPSA) is 0 Å². The molecule has 0 aromatic heterocycles. The molecule has 0 saturated heterocycles. The van der Waals surface area contributed by atoms with Crippen LogP contribution in [0.3, 0.4) is 0 Å². The second-order valence-corrected chi connectivity index (χ2v) is 2.83. The Morgan fingerprint density at radius 2 is 0.833 bits per heavy atom. The van der Waals surface area contributed by atoms with Crippen molar-refractivity contribution in [2.75, 3.05) is 0 Å². The molecule has 2 atom stereocenters. The summed E-state index contributed by atoms with van der Waals surface area (Å²) in [6.45, 7) is 0. The molecule has 0 bridgehead atoms. The van der Waals surface area contributed by atoms with Crippen molar-refractivity contribution in [3.05, 3.63) is 0 Å². The predicted molar refractivity (Wildman–Crippen MR) is 31.4 cm³/mol. The molecule has 0 aromatic carbocycles. The highest BCUT2D eigenvalue weighted by atomic mass is 35.5. The average molecular weight is 235 g/mol. The minimum absolute atomic E-state index is 3.11. The van der Waals surface area contributed by atoms with Gasteiger partial charge in [0.25, 0.3) is 0 Å². The number of hydrogen-bond donors (Lipinski definition) is 0. The Labute approximate surface area is 73.4 Å². The van der Waals surface area contributed by atoms with Gasteiger partial charge in [0, 0.05) is 0 Å². The van der Waals surface area contributed by atoms with Crippen LogP contribution in [0.2, 0.25) is 0 Å². The molecule has 0 nitrogen and oxygen atoms in total. The van der Waals surface area contributed by atoms with E-state index in [2.05, 4.69) is 23.2 Å². The van der Waals surface area contributed by atoms with Gasteiger partial charge in [-0.1, -0.05) is 0 Å². The van der Waals surface area contributed by atoms with Gasteiger partial charge in [-0.3, -0.25) is 0 Å². The van der Waals surface area contributed by atoms with Crippen LogP contribution in [-0.4, -0.2) is 23.1 Å². The summed E-state index contributed by atoms with van der Waals surface area (Å²) in [6.07, 6.45) is -10.3. The van der Waals surface area contributed by atoms with Crippen LogP contribution < -0.4 is 0 Å². The first kappa shape index (κ1) is 12.2. The summed E-state index contributed by atoms with van der Waals surface area (Å²) >= 11 is 8.83. The fourth-order valence-electron chi connectivity index (χ4n) is 0.332. The van der Waals surface area contributed by atoms with Crippen molar-refractivity contribution in [1.82, 2.24) is 0 Å². The van der Waals surface area contributed by atoms with Crippen LogP contribution in [0.15, 0.2) is 0 Å². The molecule has 0 N–H and O–H groups in total. The molecule has 0 heterocycles. The van der Waals surface area contributed by atoms with Gasteiger partial charge in [0.05, 0.1) is 0 Å². The Balaban J connectivity index is 4.41. The van der Waals surface area contributed by atoms with Gasteiger partial charge in [-0.25, -0.2) is 0 Å². The highest BCUT2D eigenvalue weighted by Crippen LogP contribution is 2.37. The highest BCUT2D eigenvalue weighted by molar-refractivity contribution is 6.30. The second kappa shape index (κ2) is 3.49. The van der Waals surface area contributed by atoms with Crippen LogP contribution >= 0.6 is 23.2 Å². The van der Waals surface area contributed by atoms with Crippen LogP contribution in [0.1, 0.15) is 0 Å². The molecule has 74 valence electrons. The van der Waals surface area contributed by atoms with Gasteiger partial charge >= 0.3 is 12.4 Å².